The average Bonchev–Trinajstić information content (AvgIpc) is 2.64. The number of benzene rings is 1. The van der Waals surface area contributed by atoms with E-state index in [1.807, 2.05) is 0 Å². The third-order valence-corrected chi connectivity index (χ3v) is 2.88. The van der Waals surface area contributed by atoms with E-state index in [1.165, 1.54) is 17.4 Å². The van der Waals surface area contributed by atoms with Crippen molar-refractivity contribution in [1.29, 1.82) is 0 Å². The molecule has 0 saturated carbocycles. The Morgan fingerprint density at radius 2 is 2.19 bits per heavy atom. The lowest BCUT2D eigenvalue weighted by atomic mass is 10.1. The first kappa shape index (κ1) is 10.5. The van der Waals surface area contributed by atoms with Crippen LogP contribution in [0.25, 0.3) is 10.6 Å². The first-order chi connectivity index (χ1) is 7.58. The Kier molecular flexibility index (Phi) is 2.53. The molecule has 1 aromatic heterocycles. The maximum atomic E-state index is 10.6. The fourth-order valence-electron chi connectivity index (χ4n) is 1.34. The van der Waals surface area contributed by atoms with E-state index in [1.54, 1.807) is 19.1 Å². The van der Waals surface area contributed by atoms with E-state index >= 15 is 0 Å². The molecule has 6 nitrogen and oxygen atoms in total. The van der Waals surface area contributed by atoms with Crippen molar-refractivity contribution in [2.24, 2.45) is 0 Å². The van der Waals surface area contributed by atoms with Crippen molar-refractivity contribution < 1.29 is 4.92 Å². The van der Waals surface area contributed by atoms with Gasteiger partial charge in [0.15, 0.2) is 0 Å². The van der Waals surface area contributed by atoms with Crippen LogP contribution in [-0.2, 0) is 0 Å². The molecule has 0 atom stereocenters. The molecule has 0 spiro atoms. The van der Waals surface area contributed by atoms with Gasteiger partial charge in [-0.2, -0.15) is 0 Å². The van der Waals surface area contributed by atoms with Crippen LogP contribution in [0.1, 0.15) is 5.56 Å². The lowest BCUT2D eigenvalue weighted by Crippen LogP contribution is -1.91. The second-order valence-electron chi connectivity index (χ2n) is 3.20. The van der Waals surface area contributed by atoms with Gasteiger partial charge in [0.1, 0.15) is 5.01 Å². The van der Waals surface area contributed by atoms with Gasteiger partial charge in [-0.15, -0.1) is 10.2 Å². The number of nitrogens with two attached hydrogens (primary N) is 1. The van der Waals surface area contributed by atoms with E-state index in [2.05, 4.69) is 10.2 Å². The Morgan fingerprint density at radius 3 is 2.69 bits per heavy atom. The standard InChI is InChI=1S/C9H8N4O2S/c1-5-4-6(2-3-7(5)13(14)15)8-11-12-9(10)16-8/h2-4H,1H3,(H2,10,12). The van der Waals surface area contributed by atoms with E-state index < -0.39 is 4.92 Å². The third kappa shape index (κ3) is 1.84. The summed E-state index contributed by atoms with van der Waals surface area (Å²) in [5.74, 6) is 0. The van der Waals surface area contributed by atoms with Crippen molar-refractivity contribution in [3.8, 4) is 10.6 Å². The molecule has 1 aromatic carbocycles. The minimum atomic E-state index is -0.409. The molecule has 7 heteroatoms. The molecular weight excluding hydrogens is 228 g/mol. The number of nitrogen functional groups attached to an aromatic ring is 1. The number of nitro benzene ring substituents is 1. The number of nitro groups is 1. The zero-order chi connectivity index (χ0) is 11.7. The van der Waals surface area contributed by atoms with Gasteiger partial charge in [-0.25, -0.2) is 0 Å². The molecule has 0 unspecified atom stereocenters. The van der Waals surface area contributed by atoms with Crippen LogP contribution in [-0.4, -0.2) is 15.1 Å². The van der Waals surface area contributed by atoms with Gasteiger partial charge >= 0.3 is 0 Å². The number of nitrogens with zero attached hydrogens (tertiary/aromatic N) is 3. The van der Waals surface area contributed by atoms with Gasteiger partial charge < -0.3 is 5.73 Å². The lowest BCUT2D eigenvalue weighted by Gasteiger charge is -1.99. The first-order valence-corrected chi connectivity index (χ1v) is 5.24. The van der Waals surface area contributed by atoms with Gasteiger partial charge in [-0.3, -0.25) is 10.1 Å². The van der Waals surface area contributed by atoms with Gasteiger partial charge in [0.25, 0.3) is 5.69 Å². The molecular formula is C9H8N4O2S. The number of anilines is 1. The summed E-state index contributed by atoms with van der Waals surface area (Å²) in [7, 11) is 0. The van der Waals surface area contributed by atoms with E-state index in [0.717, 1.165) is 5.56 Å². The van der Waals surface area contributed by atoms with Crippen molar-refractivity contribution >= 4 is 22.2 Å². The molecule has 2 N–H and O–H groups in total. The molecule has 0 aliphatic heterocycles. The molecule has 0 fully saturated rings. The zero-order valence-electron chi connectivity index (χ0n) is 8.38. The lowest BCUT2D eigenvalue weighted by molar-refractivity contribution is -0.385. The molecule has 2 rings (SSSR count). The van der Waals surface area contributed by atoms with Crippen LogP contribution in [0.2, 0.25) is 0 Å². The zero-order valence-corrected chi connectivity index (χ0v) is 9.19. The van der Waals surface area contributed by atoms with Crippen molar-refractivity contribution in [2.75, 3.05) is 5.73 Å². The summed E-state index contributed by atoms with van der Waals surface area (Å²) in [6, 6.07) is 4.81. The Bertz CT molecular complexity index is 552. The molecule has 0 amide bonds. The summed E-state index contributed by atoms with van der Waals surface area (Å²) < 4.78 is 0. The molecule has 0 radical (unpaired) electrons. The molecule has 2 aromatic rings. The summed E-state index contributed by atoms with van der Waals surface area (Å²) in [4.78, 5) is 10.2. The van der Waals surface area contributed by atoms with Crippen molar-refractivity contribution in [2.45, 2.75) is 6.92 Å². The number of hydrogen-bond acceptors (Lipinski definition) is 6. The number of aryl methyl sites for hydroxylation is 1. The van der Waals surface area contributed by atoms with Crippen LogP contribution in [0.3, 0.4) is 0 Å². The van der Waals surface area contributed by atoms with Crippen molar-refractivity contribution in [1.82, 2.24) is 10.2 Å². The Morgan fingerprint density at radius 1 is 1.44 bits per heavy atom. The third-order valence-electron chi connectivity index (χ3n) is 2.08. The Balaban J connectivity index is 2.45. The molecule has 1 heterocycles. The average molecular weight is 236 g/mol. The van der Waals surface area contributed by atoms with Crippen LogP contribution < -0.4 is 5.73 Å². The Labute approximate surface area is 94.9 Å². The monoisotopic (exact) mass is 236 g/mol. The predicted molar refractivity (Wildman–Crippen MR) is 61.1 cm³/mol. The highest BCUT2D eigenvalue weighted by Gasteiger charge is 2.12. The molecule has 0 bridgehead atoms. The highest BCUT2D eigenvalue weighted by atomic mass is 32.1. The van der Waals surface area contributed by atoms with Crippen LogP contribution >= 0.6 is 11.3 Å². The van der Waals surface area contributed by atoms with Crippen LogP contribution in [0, 0.1) is 17.0 Å². The van der Waals surface area contributed by atoms with Crippen molar-refractivity contribution in [3.05, 3.63) is 33.9 Å². The molecule has 82 valence electrons. The Hall–Kier alpha value is -2.02. The highest BCUT2D eigenvalue weighted by molar-refractivity contribution is 7.18. The van der Waals surface area contributed by atoms with Crippen LogP contribution in [0.4, 0.5) is 10.8 Å². The summed E-state index contributed by atoms with van der Waals surface area (Å²) in [6.07, 6.45) is 0. The van der Waals surface area contributed by atoms with E-state index in [-0.39, 0.29) is 5.69 Å². The smallest absolute Gasteiger partial charge is 0.272 e. The topological polar surface area (TPSA) is 94.9 Å². The van der Waals surface area contributed by atoms with Crippen molar-refractivity contribution in [3.63, 3.8) is 0 Å². The minimum absolute atomic E-state index is 0.0984. The predicted octanol–water partition coefficient (Wildman–Crippen LogP) is 2.00. The maximum Gasteiger partial charge on any atom is 0.272 e. The number of rotatable bonds is 2. The largest absolute Gasteiger partial charge is 0.374 e. The summed E-state index contributed by atoms with van der Waals surface area (Å²) in [5, 5.41) is 19.2. The quantitative estimate of drug-likeness (QED) is 0.635. The van der Waals surface area contributed by atoms with E-state index in [4.69, 9.17) is 5.73 Å². The minimum Gasteiger partial charge on any atom is -0.374 e. The molecule has 0 saturated heterocycles. The van der Waals surface area contributed by atoms with Gasteiger partial charge in [0, 0.05) is 17.2 Å². The van der Waals surface area contributed by atoms with Gasteiger partial charge in [0.2, 0.25) is 5.13 Å². The highest BCUT2D eigenvalue weighted by Crippen LogP contribution is 2.28. The normalized spacial score (nSPS) is 10.3. The van der Waals surface area contributed by atoms with Gasteiger partial charge in [-0.1, -0.05) is 11.3 Å². The fourth-order valence-corrected chi connectivity index (χ4v) is 1.95. The number of hydrogen-bond donors (Lipinski definition) is 1. The fraction of sp³-hybridized carbons (Fsp3) is 0.111. The van der Waals surface area contributed by atoms with Gasteiger partial charge in [-0.05, 0) is 19.1 Å². The van der Waals surface area contributed by atoms with Crippen LogP contribution in [0.5, 0.6) is 0 Å². The molecule has 16 heavy (non-hydrogen) atoms. The molecule has 0 aliphatic carbocycles. The second-order valence-corrected chi connectivity index (χ2v) is 4.21. The first-order valence-electron chi connectivity index (χ1n) is 4.42. The summed E-state index contributed by atoms with van der Waals surface area (Å²) >= 11 is 1.25. The molecule has 0 aliphatic rings. The van der Waals surface area contributed by atoms with Gasteiger partial charge in [0.05, 0.1) is 4.92 Å². The van der Waals surface area contributed by atoms with Crippen LogP contribution in [0.15, 0.2) is 18.2 Å². The van der Waals surface area contributed by atoms with E-state index in [9.17, 15) is 10.1 Å². The maximum absolute atomic E-state index is 10.6. The number of aromatic nitrogens is 2. The summed E-state index contributed by atoms with van der Waals surface area (Å²) in [5.41, 5.74) is 6.95. The second kappa shape index (κ2) is 3.86. The van der Waals surface area contributed by atoms with E-state index in [0.29, 0.717) is 15.7 Å². The SMILES string of the molecule is Cc1cc(-c2nnc(N)s2)ccc1[N+](=O)[O-]. The summed E-state index contributed by atoms with van der Waals surface area (Å²) in [6.45, 7) is 1.69.